The van der Waals surface area contributed by atoms with Crippen LogP contribution in [-0.2, 0) is 25.6 Å². The van der Waals surface area contributed by atoms with Gasteiger partial charge < -0.3 is 19.0 Å². The fourth-order valence-corrected chi connectivity index (χ4v) is 2.99. The van der Waals surface area contributed by atoms with Crippen molar-refractivity contribution < 1.29 is 19.0 Å². The number of carbonyl (C=O) groups is 1. The lowest BCUT2D eigenvalue weighted by atomic mass is 9.90. The van der Waals surface area contributed by atoms with E-state index in [4.69, 9.17) is 14.2 Å². The van der Waals surface area contributed by atoms with Gasteiger partial charge >= 0.3 is 0 Å². The van der Waals surface area contributed by atoms with Gasteiger partial charge in [0.2, 0.25) is 0 Å². The predicted molar refractivity (Wildman–Crippen MR) is 79.7 cm³/mol. The lowest BCUT2D eigenvalue weighted by Gasteiger charge is -2.30. The monoisotopic (exact) mass is 292 g/mol. The minimum Gasteiger partial charge on any atom is -0.368 e. The minimum atomic E-state index is -0.823. The molecule has 5 atom stereocenters. The summed E-state index contributed by atoms with van der Waals surface area (Å²) in [5, 5.41) is 0. The normalized spacial score (nSPS) is 33.8. The number of methoxy groups -OCH3 is 1. The maximum atomic E-state index is 11.1. The fraction of sp³-hybridized carbons (Fsp3) is 0.588. The van der Waals surface area contributed by atoms with Crippen LogP contribution in [0.1, 0.15) is 26.3 Å². The molecule has 0 aromatic heterocycles. The largest absolute Gasteiger partial charge is 0.368 e. The Morgan fingerprint density at radius 1 is 1.38 bits per heavy atom. The summed E-state index contributed by atoms with van der Waals surface area (Å²) in [6, 6.07) is 10.00. The molecule has 0 radical (unpaired) electrons. The Morgan fingerprint density at radius 3 is 2.62 bits per heavy atom. The Bertz CT molecular complexity index is 461. The van der Waals surface area contributed by atoms with E-state index in [0.717, 1.165) is 11.8 Å². The number of ether oxygens (including phenoxy) is 3. The molecule has 21 heavy (non-hydrogen) atoms. The molecule has 0 spiro atoms. The smallest absolute Gasteiger partial charge is 0.192 e. The van der Waals surface area contributed by atoms with E-state index in [1.54, 1.807) is 7.11 Å². The molecular weight excluding hydrogens is 268 g/mol. The van der Waals surface area contributed by atoms with E-state index in [-0.39, 0.29) is 24.0 Å². The van der Waals surface area contributed by atoms with Crippen LogP contribution in [0.5, 0.6) is 0 Å². The standard InChI is InChI=1S/C17H24O4/c1-12(10-18)15-13(2)16(17(3,19-4)21-15)20-11-14-8-6-5-7-9-14/h5-10,12-13,15-16H,11H2,1-4H3/t12-,13-,15+,16+,17-/m1/s1. The number of benzene rings is 1. The third kappa shape index (κ3) is 3.34. The first-order valence-electron chi connectivity index (χ1n) is 7.35. The average molecular weight is 292 g/mol. The molecule has 1 fully saturated rings. The van der Waals surface area contributed by atoms with Crippen molar-refractivity contribution in [2.75, 3.05) is 7.11 Å². The van der Waals surface area contributed by atoms with Crippen LogP contribution in [0.4, 0.5) is 0 Å². The van der Waals surface area contributed by atoms with Gasteiger partial charge in [0.05, 0.1) is 12.7 Å². The van der Waals surface area contributed by atoms with E-state index in [2.05, 4.69) is 0 Å². The van der Waals surface area contributed by atoms with E-state index in [9.17, 15) is 4.79 Å². The van der Waals surface area contributed by atoms with Crippen molar-refractivity contribution in [3.8, 4) is 0 Å². The zero-order valence-corrected chi connectivity index (χ0v) is 13.1. The van der Waals surface area contributed by atoms with Gasteiger partial charge in [0.15, 0.2) is 5.79 Å². The molecule has 1 aliphatic heterocycles. The predicted octanol–water partition coefficient (Wildman–Crippen LogP) is 2.80. The zero-order chi connectivity index (χ0) is 15.5. The highest BCUT2D eigenvalue weighted by atomic mass is 16.7. The maximum Gasteiger partial charge on any atom is 0.192 e. The molecule has 1 aromatic rings. The Hall–Kier alpha value is -1.23. The molecule has 0 bridgehead atoms. The second kappa shape index (κ2) is 6.69. The van der Waals surface area contributed by atoms with E-state index in [1.807, 2.05) is 51.1 Å². The van der Waals surface area contributed by atoms with Gasteiger partial charge in [0.1, 0.15) is 12.4 Å². The summed E-state index contributed by atoms with van der Waals surface area (Å²) in [4.78, 5) is 11.1. The van der Waals surface area contributed by atoms with Crippen LogP contribution in [0.15, 0.2) is 30.3 Å². The number of hydrogen-bond acceptors (Lipinski definition) is 4. The minimum absolute atomic E-state index is 0.0823. The van der Waals surface area contributed by atoms with Crippen molar-refractivity contribution in [3.05, 3.63) is 35.9 Å². The summed E-state index contributed by atoms with van der Waals surface area (Å²) in [6.07, 6.45) is 0.528. The Balaban J connectivity index is 2.10. The Kier molecular flexibility index (Phi) is 5.14. The molecule has 0 aliphatic carbocycles. The van der Waals surface area contributed by atoms with Crippen LogP contribution >= 0.6 is 0 Å². The molecule has 4 heteroatoms. The Morgan fingerprint density at radius 2 is 2.05 bits per heavy atom. The van der Waals surface area contributed by atoms with Gasteiger partial charge in [-0.3, -0.25) is 0 Å². The summed E-state index contributed by atoms with van der Waals surface area (Å²) >= 11 is 0. The van der Waals surface area contributed by atoms with Crippen molar-refractivity contribution in [1.82, 2.24) is 0 Å². The second-order valence-electron chi connectivity index (χ2n) is 5.87. The second-order valence-corrected chi connectivity index (χ2v) is 5.87. The van der Waals surface area contributed by atoms with Gasteiger partial charge in [-0.2, -0.15) is 0 Å². The highest BCUT2D eigenvalue weighted by molar-refractivity contribution is 5.54. The molecule has 1 heterocycles. The first-order chi connectivity index (χ1) is 10.0. The number of rotatable bonds is 6. The van der Waals surface area contributed by atoms with E-state index < -0.39 is 5.79 Å². The van der Waals surface area contributed by atoms with Gasteiger partial charge in [-0.25, -0.2) is 0 Å². The third-order valence-corrected chi connectivity index (χ3v) is 4.29. The molecule has 0 N–H and O–H groups in total. The first kappa shape index (κ1) is 16.1. The van der Waals surface area contributed by atoms with Crippen LogP contribution < -0.4 is 0 Å². The first-order valence-corrected chi connectivity index (χ1v) is 7.35. The molecular formula is C17H24O4. The average Bonchev–Trinajstić information content (AvgIpc) is 2.77. The molecule has 0 unspecified atom stereocenters. The van der Waals surface area contributed by atoms with Gasteiger partial charge in [-0.1, -0.05) is 44.2 Å². The summed E-state index contributed by atoms with van der Waals surface area (Å²) < 4.78 is 17.6. The lowest BCUT2D eigenvalue weighted by Crippen LogP contribution is -2.41. The summed E-state index contributed by atoms with van der Waals surface area (Å²) in [6.45, 7) is 6.28. The zero-order valence-electron chi connectivity index (χ0n) is 13.1. The van der Waals surface area contributed by atoms with Crippen LogP contribution in [-0.4, -0.2) is 31.4 Å². The van der Waals surface area contributed by atoms with Crippen LogP contribution in [0.2, 0.25) is 0 Å². The number of hydrogen-bond donors (Lipinski definition) is 0. The van der Waals surface area contributed by atoms with E-state index >= 15 is 0 Å². The lowest BCUT2D eigenvalue weighted by molar-refractivity contribution is -0.246. The SMILES string of the molecule is CO[C@]1(C)O[C@@H]([C@H](C)C=O)[C@@H](C)[C@@H]1OCc1ccccc1. The third-order valence-electron chi connectivity index (χ3n) is 4.29. The molecule has 1 aromatic carbocycles. The molecule has 0 saturated carbocycles. The fourth-order valence-electron chi connectivity index (χ4n) is 2.99. The van der Waals surface area contributed by atoms with E-state index in [1.165, 1.54) is 0 Å². The van der Waals surface area contributed by atoms with Crippen molar-refractivity contribution in [2.45, 2.75) is 45.4 Å². The van der Waals surface area contributed by atoms with Gasteiger partial charge in [-0.15, -0.1) is 0 Å². The topological polar surface area (TPSA) is 44.8 Å². The van der Waals surface area contributed by atoms with Crippen LogP contribution in [0.3, 0.4) is 0 Å². The van der Waals surface area contributed by atoms with Gasteiger partial charge in [-0.05, 0) is 12.5 Å². The summed E-state index contributed by atoms with van der Waals surface area (Å²) in [5.41, 5.74) is 1.11. The van der Waals surface area contributed by atoms with Gasteiger partial charge in [0.25, 0.3) is 0 Å². The summed E-state index contributed by atoms with van der Waals surface area (Å²) in [5.74, 6) is -0.922. The highest BCUT2D eigenvalue weighted by Gasteiger charge is 2.53. The summed E-state index contributed by atoms with van der Waals surface area (Å²) in [7, 11) is 1.61. The quantitative estimate of drug-likeness (QED) is 0.756. The van der Waals surface area contributed by atoms with Crippen molar-refractivity contribution in [1.29, 1.82) is 0 Å². The van der Waals surface area contributed by atoms with E-state index in [0.29, 0.717) is 6.61 Å². The number of carbonyl (C=O) groups excluding carboxylic acids is 1. The Labute approximate surface area is 126 Å². The van der Waals surface area contributed by atoms with Crippen LogP contribution in [0.25, 0.3) is 0 Å². The molecule has 1 aliphatic rings. The van der Waals surface area contributed by atoms with Crippen molar-refractivity contribution in [3.63, 3.8) is 0 Å². The molecule has 4 nitrogen and oxygen atoms in total. The van der Waals surface area contributed by atoms with Crippen LogP contribution in [0, 0.1) is 11.8 Å². The van der Waals surface area contributed by atoms with Gasteiger partial charge in [0, 0.05) is 18.9 Å². The van der Waals surface area contributed by atoms with Crippen molar-refractivity contribution >= 4 is 6.29 Å². The number of aldehydes is 1. The highest BCUT2D eigenvalue weighted by Crippen LogP contribution is 2.40. The molecule has 116 valence electrons. The molecule has 2 rings (SSSR count). The molecule has 0 amide bonds. The maximum absolute atomic E-state index is 11.1. The molecule has 1 saturated heterocycles. The van der Waals surface area contributed by atoms with Crippen molar-refractivity contribution in [2.24, 2.45) is 11.8 Å².